The summed E-state index contributed by atoms with van der Waals surface area (Å²) in [4.78, 5) is 14.4. The van der Waals surface area contributed by atoms with E-state index in [4.69, 9.17) is 20.3 Å². The highest BCUT2D eigenvalue weighted by Gasteiger charge is 2.50. The van der Waals surface area contributed by atoms with Gasteiger partial charge in [0.15, 0.2) is 8.32 Å². The number of hydrogen-bond donors (Lipinski definition) is 0. The predicted octanol–water partition coefficient (Wildman–Crippen LogP) is 4.38. The molecule has 0 aromatic rings. The van der Waals surface area contributed by atoms with E-state index in [9.17, 15) is 4.79 Å². The Bertz CT molecular complexity index is 537. The SMILES string of the molecule is C#C[C@H](O[Si](C)(C)C(C)(C)C)[C@@H]1COC(C)(C)N1C(=O)OC(C)(C)C. The summed E-state index contributed by atoms with van der Waals surface area (Å²) in [5.74, 6) is 2.74. The predicted molar refractivity (Wildman–Crippen MR) is 103 cm³/mol. The molecule has 25 heavy (non-hydrogen) atoms. The number of carbonyl (C=O) groups is 1. The number of nitrogens with zero attached hydrogens (tertiary/aromatic N) is 1. The summed E-state index contributed by atoms with van der Waals surface area (Å²) in [5, 5.41) is 0.0217. The Morgan fingerprint density at radius 2 is 1.80 bits per heavy atom. The monoisotopic (exact) mass is 369 g/mol. The van der Waals surface area contributed by atoms with Gasteiger partial charge in [0.2, 0.25) is 0 Å². The maximum atomic E-state index is 12.8. The zero-order chi connectivity index (χ0) is 19.8. The summed E-state index contributed by atoms with van der Waals surface area (Å²) < 4.78 is 17.8. The van der Waals surface area contributed by atoms with Crippen LogP contribution in [0.2, 0.25) is 18.1 Å². The smallest absolute Gasteiger partial charge is 0.413 e. The molecule has 1 heterocycles. The molecule has 1 rings (SSSR count). The number of carbonyl (C=O) groups excluding carboxylic acids is 1. The van der Waals surface area contributed by atoms with Crippen molar-refractivity contribution in [3.8, 4) is 12.3 Å². The minimum atomic E-state index is -2.09. The Morgan fingerprint density at radius 3 is 2.20 bits per heavy atom. The average molecular weight is 370 g/mol. The molecule has 0 aromatic carbocycles. The van der Waals surface area contributed by atoms with Gasteiger partial charge in [-0.3, -0.25) is 4.90 Å². The zero-order valence-corrected chi connectivity index (χ0v) is 18.5. The normalized spacial score (nSPS) is 22.4. The van der Waals surface area contributed by atoms with Gasteiger partial charge in [-0.05, 0) is 52.8 Å². The number of rotatable bonds is 3. The second kappa shape index (κ2) is 6.94. The molecule has 1 amide bonds. The number of terminal acetylenes is 1. The number of amides is 1. The first-order valence-corrected chi connectivity index (χ1v) is 11.7. The maximum absolute atomic E-state index is 12.8. The highest BCUT2D eigenvalue weighted by atomic mass is 28.4. The third-order valence-electron chi connectivity index (χ3n) is 4.85. The minimum absolute atomic E-state index is 0.0217. The van der Waals surface area contributed by atoms with Crippen molar-refractivity contribution in [3.63, 3.8) is 0 Å². The van der Waals surface area contributed by atoms with Crippen molar-refractivity contribution < 1.29 is 18.7 Å². The summed E-state index contributed by atoms with van der Waals surface area (Å²) in [5.41, 5.74) is -1.38. The number of ether oxygens (including phenoxy) is 2. The van der Waals surface area contributed by atoms with Gasteiger partial charge in [0.1, 0.15) is 17.4 Å². The van der Waals surface area contributed by atoms with E-state index in [0.29, 0.717) is 6.61 Å². The molecule has 2 atom stereocenters. The minimum Gasteiger partial charge on any atom is -0.444 e. The van der Waals surface area contributed by atoms with Crippen LogP contribution in [0.25, 0.3) is 0 Å². The van der Waals surface area contributed by atoms with Crippen molar-refractivity contribution in [2.45, 2.75) is 97.0 Å². The van der Waals surface area contributed by atoms with Crippen LogP contribution in [0, 0.1) is 12.3 Å². The van der Waals surface area contributed by atoms with E-state index < -0.39 is 31.8 Å². The quantitative estimate of drug-likeness (QED) is 0.547. The first-order valence-electron chi connectivity index (χ1n) is 8.82. The van der Waals surface area contributed by atoms with Gasteiger partial charge in [0, 0.05) is 0 Å². The molecule has 0 aromatic heterocycles. The van der Waals surface area contributed by atoms with Crippen molar-refractivity contribution in [2.24, 2.45) is 0 Å². The second-order valence-electron chi connectivity index (χ2n) is 9.64. The molecule has 0 aliphatic carbocycles. The molecule has 1 aliphatic rings. The van der Waals surface area contributed by atoms with E-state index in [0.717, 1.165) is 0 Å². The van der Waals surface area contributed by atoms with E-state index in [1.54, 1.807) is 4.90 Å². The average Bonchev–Trinajstić information content (AvgIpc) is 2.68. The Morgan fingerprint density at radius 1 is 1.28 bits per heavy atom. The van der Waals surface area contributed by atoms with E-state index in [-0.39, 0.29) is 11.1 Å². The van der Waals surface area contributed by atoms with Gasteiger partial charge in [-0.25, -0.2) is 4.79 Å². The van der Waals surface area contributed by atoms with Crippen LogP contribution < -0.4 is 0 Å². The molecule has 144 valence electrons. The lowest BCUT2D eigenvalue weighted by Gasteiger charge is -2.41. The Kier molecular flexibility index (Phi) is 6.11. The highest BCUT2D eigenvalue weighted by molar-refractivity contribution is 6.74. The molecule has 0 saturated carbocycles. The summed E-state index contributed by atoms with van der Waals surface area (Å²) in [6.07, 6.45) is 4.83. The van der Waals surface area contributed by atoms with Gasteiger partial charge in [-0.2, -0.15) is 0 Å². The van der Waals surface area contributed by atoms with Crippen LogP contribution in [0.5, 0.6) is 0 Å². The van der Waals surface area contributed by atoms with E-state index in [1.165, 1.54) is 0 Å². The van der Waals surface area contributed by atoms with Crippen LogP contribution in [0.4, 0.5) is 4.79 Å². The maximum Gasteiger partial charge on any atom is 0.413 e. The molecule has 0 bridgehead atoms. The summed E-state index contributed by atoms with van der Waals surface area (Å²) in [6.45, 7) is 20.3. The molecular formula is C19H35NO4Si. The van der Waals surface area contributed by atoms with Crippen molar-refractivity contribution in [1.29, 1.82) is 0 Å². The fraction of sp³-hybridized carbons (Fsp3) is 0.842. The zero-order valence-electron chi connectivity index (χ0n) is 17.5. The first kappa shape index (κ1) is 22.0. The van der Waals surface area contributed by atoms with E-state index in [1.807, 2.05) is 34.6 Å². The lowest BCUT2D eigenvalue weighted by Crippen LogP contribution is -2.56. The summed E-state index contributed by atoms with van der Waals surface area (Å²) in [7, 11) is -2.09. The van der Waals surface area contributed by atoms with E-state index in [2.05, 4.69) is 39.8 Å². The van der Waals surface area contributed by atoms with Gasteiger partial charge in [0.05, 0.1) is 12.6 Å². The molecule has 0 spiro atoms. The summed E-state index contributed by atoms with van der Waals surface area (Å²) in [6, 6.07) is -0.371. The highest BCUT2D eigenvalue weighted by Crippen LogP contribution is 2.39. The Balaban J connectivity index is 3.11. The molecule has 0 radical (unpaired) electrons. The fourth-order valence-corrected chi connectivity index (χ4v) is 3.65. The van der Waals surface area contributed by atoms with Gasteiger partial charge < -0.3 is 13.9 Å². The third-order valence-corrected chi connectivity index (χ3v) is 9.31. The fourth-order valence-electron chi connectivity index (χ4n) is 2.44. The van der Waals surface area contributed by atoms with Crippen LogP contribution >= 0.6 is 0 Å². The molecule has 1 fully saturated rings. The Hall–Kier alpha value is -1.03. The van der Waals surface area contributed by atoms with Gasteiger partial charge in [-0.15, -0.1) is 6.42 Å². The summed E-state index contributed by atoms with van der Waals surface area (Å²) >= 11 is 0. The lowest BCUT2D eigenvalue weighted by atomic mass is 10.1. The number of hydrogen-bond acceptors (Lipinski definition) is 4. The molecule has 1 saturated heterocycles. The van der Waals surface area contributed by atoms with Gasteiger partial charge >= 0.3 is 6.09 Å². The van der Waals surface area contributed by atoms with Crippen molar-refractivity contribution in [3.05, 3.63) is 0 Å². The van der Waals surface area contributed by atoms with E-state index >= 15 is 0 Å². The van der Waals surface area contributed by atoms with Crippen LogP contribution in [0.15, 0.2) is 0 Å². The second-order valence-corrected chi connectivity index (χ2v) is 14.4. The van der Waals surface area contributed by atoms with Crippen molar-refractivity contribution in [2.75, 3.05) is 6.61 Å². The van der Waals surface area contributed by atoms with Crippen LogP contribution in [0.1, 0.15) is 55.4 Å². The largest absolute Gasteiger partial charge is 0.444 e. The third kappa shape index (κ3) is 5.22. The van der Waals surface area contributed by atoms with Crippen molar-refractivity contribution in [1.82, 2.24) is 4.90 Å². The van der Waals surface area contributed by atoms with Crippen LogP contribution in [-0.4, -0.2) is 49.4 Å². The standard InChI is InChI=1S/C19H35NO4Si/c1-12-15(24-25(10,11)18(5,6)7)14-13-22-19(8,9)20(14)16(21)23-17(2,3)4/h1,14-15H,13H2,2-11H3/t14-,15-/m0/s1. The molecule has 6 heteroatoms. The topological polar surface area (TPSA) is 48.0 Å². The molecule has 5 nitrogen and oxygen atoms in total. The lowest BCUT2D eigenvalue weighted by molar-refractivity contribution is -0.0654. The van der Waals surface area contributed by atoms with Crippen LogP contribution in [-0.2, 0) is 13.9 Å². The molecule has 0 unspecified atom stereocenters. The van der Waals surface area contributed by atoms with Crippen LogP contribution in [0.3, 0.4) is 0 Å². The van der Waals surface area contributed by atoms with Crippen molar-refractivity contribution >= 4 is 14.4 Å². The molecular weight excluding hydrogens is 334 g/mol. The molecule has 1 aliphatic heterocycles. The van der Waals surface area contributed by atoms with Gasteiger partial charge in [0.25, 0.3) is 0 Å². The Labute approximate surface area is 154 Å². The molecule has 0 N–H and O–H groups in total. The van der Waals surface area contributed by atoms with Gasteiger partial charge in [-0.1, -0.05) is 26.7 Å². The first-order chi connectivity index (χ1) is 11.0.